The Balaban J connectivity index is 1.56. The average molecular weight is 329 g/mol. The number of aromatic nitrogens is 2. The third-order valence-electron chi connectivity index (χ3n) is 4.74. The molecule has 128 valence electrons. The summed E-state index contributed by atoms with van der Waals surface area (Å²) >= 11 is 0. The molecule has 1 saturated heterocycles. The van der Waals surface area contributed by atoms with Gasteiger partial charge in [-0.1, -0.05) is 12.1 Å². The summed E-state index contributed by atoms with van der Waals surface area (Å²) in [6.07, 6.45) is 7.48. The molecule has 1 aromatic heterocycles. The van der Waals surface area contributed by atoms with E-state index >= 15 is 0 Å². The molecule has 0 radical (unpaired) electrons. The Morgan fingerprint density at radius 1 is 1.42 bits per heavy atom. The maximum atomic E-state index is 13.3. The first kappa shape index (κ1) is 16.7. The van der Waals surface area contributed by atoms with Crippen molar-refractivity contribution in [1.29, 1.82) is 0 Å². The summed E-state index contributed by atoms with van der Waals surface area (Å²) in [6, 6.07) is 6.80. The van der Waals surface area contributed by atoms with Crippen molar-refractivity contribution in [3.8, 4) is 0 Å². The fourth-order valence-corrected chi connectivity index (χ4v) is 3.38. The molecule has 1 fully saturated rings. The van der Waals surface area contributed by atoms with Gasteiger partial charge >= 0.3 is 0 Å². The molecule has 0 N–H and O–H groups in total. The van der Waals surface area contributed by atoms with Gasteiger partial charge in [-0.25, -0.2) is 4.39 Å². The number of aryl methyl sites for hydroxylation is 2. The minimum atomic E-state index is -0.180. The summed E-state index contributed by atoms with van der Waals surface area (Å²) in [5.41, 5.74) is 1.70. The molecule has 2 aromatic rings. The fourth-order valence-electron chi connectivity index (χ4n) is 3.38. The largest absolute Gasteiger partial charge is 0.338 e. The highest BCUT2D eigenvalue weighted by Gasteiger charge is 2.25. The lowest BCUT2D eigenvalue weighted by atomic mass is 9.91. The van der Waals surface area contributed by atoms with E-state index in [0.717, 1.165) is 50.9 Å². The van der Waals surface area contributed by atoms with Gasteiger partial charge in [-0.15, -0.1) is 0 Å². The number of nitrogens with zero attached hydrogens (tertiary/aromatic N) is 3. The number of likely N-dealkylation sites (tertiary alicyclic amines) is 1. The molecule has 5 heteroatoms. The van der Waals surface area contributed by atoms with E-state index in [0.29, 0.717) is 11.5 Å². The van der Waals surface area contributed by atoms with Crippen LogP contribution in [-0.2, 0) is 13.0 Å². The SMILES string of the molecule is CCn1cc(C(=O)N2CCCC(CCc3cccc(F)c3)C2)cn1. The molecule has 1 aromatic carbocycles. The van der Waals surface area contributed by atoms with Crippen LogP contribution in [0.3, 0.4) is 0 Å². The van der Waals surface area contributed by atoms with Crippen LogP contribution < -0.4 is 0 Å². The van der Waals surface area contributed by atoms with Gasteiger partial charge in [-0.3, -0.25) is 9.48 Å². The molecule has 1 unspecified atom stereocenters. The van der Waals surface area contributed by atoms with Gasteiger partial charge in [0.1, 0.15) is 5.82 Å². The molecule has 2 heterocycles. The molecule has 1 amide bonds. The zero-order valence-electron chi connectivity index (χ0n) is 14.1. The van der Waals surface area contributed by atoms with Crippen molar-refractivity contribution in [2.24, 2.45) is 5.92 Å². The molecule has 4 nitrogen and oxygen atoms in total. The lowest BCUT2D eigenvalue weighted by Gasteiger charge is -2.32. The number of rotatable bonds is 5. The predicted octanol–water partition coefficient (Wildman–Crippen LogP) is 3.53. The Morgan fingerprint density at radius 3 is 3.04 bits per heavy atom. The summed E-state index contributed by atoms with van der Waals surface area (Å²) in [5.74, 6) is 0.373. The molecule has 0 aliphatic carbocycles. The normalized spacial score (nSPS) is 17.9. The number of carbonyl (C=O) groups excluding carboxylic acids is 1. The van der Waals surface area contributed by atoms with Crippen LogP contribution in [0.4, 0.5) is 4.39 Å². The first-order valence-corrected chi connectivity index (χ1v) is 8.72. The molecule has 1 atom stereocenters. The predicted molar refractivity (Wildman–Crippen MR) is 91.2 cm³/mol. The standard InChI is InChI=1S/C19H24FN3O/c1-2-23-14-17(12-21-23)19(24)22-10-4-6-16(13-22)9-8-15-5-3-7-18(20)11-15/h3,5,7,11-12,14,16H,2,4,6,8-10,13H2,1H3. The number of benzene rings is 1. The number of amides is 1. The highest BCUT2D eigenvalue weighted by atomic mass is 19.1. The van der Waals surface area contributed by atoms with E-state index in [1.165, 1.54) is 6.07 Å². The molecule has 0 spiro atoms. The number of carbonyl (C=O) groups is 1. The highest BCUT2D eigenvalue weighted by molar-refractivity contribution is 5.93. The second-order valence-electron chi connectivity index (χ2n) is 6.51. The Morgan fingerprint density at radius 2 is 2.29 bits per heavy atom. The minimum absolute atomic E-state index is 0.0742. The van der Waals surface area contributed by atoms with Crippen LogP contribution in [-0.4, -0.2) is 33.7 Å². The van der Waals surface area contributed by atoms with Gasteiger partial charge in [0.05, 0.1) is 11.8 Å². The second kappa shape index (κ2) is 7.60. The minimum Gasteiger partial charge on any atom is -0.338 e. The first-order valence-electron chi connectivity index (χ1n) is 8.72. The van der Waals surface area contributed by atoms with E-state index in [2.05, 4.69) is 5.10 Å². The zero-order chi connectivity index (χ0) is 16.9. The van der Waals surface area contributed by atoms with Gasteiger partial charge in [-0.05, 0) is 56.2 Å². The molecular formula is C19H24FN3O. The summed E-state index contributed by atoms with van der Waals surface area (Å²) in [6.45, 7) is 4.37. The molecule has 24 heavy (non-hydrogen) atoms. The molecular weight excluding hydrogens is 305 g/mol. The van der Waals surface area contributed by atoms with Crippen LogP contribution in [0.25, 0.3) is 0 Å². The Kier molecular flexibility index (Phi) is 5.28. The van der Waals surface area contributed by atoms with Gasteiger partial charge in [0.25, 0.3) is 5.91 Å². The Hall–Kier alpha value is -2.17. The second-order valence-corrected chi connectivity index (χ2v) is 6.51. The van der Waals surface area contributed by atoms with E-state index in [1.807, 2.05) is 24.1 Å². The fraction of sp³-hybridized carbons (Fsp3) is 0.474. The van der Waals surface area contributed by atoms with Crippen LogP contribution in [0.2, 0.25) is 0 Å². The zero-order valence-corrected chi connectivity index (χ0v) is 14.1. The average Bonchev–Trinajstić information content (AvgIpc) is 3.09. The molecule has 3 rings (SSSR count). The maximum absolute atomic E-state index is 13.3. The lowest BCUT2D eigenvalue weighted by Crippen LogP contribution is -2.40. The number of piperidine rings is 1. The highest BCUT2D eigenvalue weighted by Crippen LogP contribution is 2.23. The summed E-state index contributed by atoms with van der Waals surface area (Å²) in [5, 5.41) is 4.19. The first-order chi connectivity index (χ1) is 11.7. The number of hydrogen-bond donors (Lipinski definition) is 0. The third-order valence-corrected chi connectivity index (χ3v) is 4.74. The Labute approximate surface area is 142 Å². The monoisotopic (exact) mass is 329 g/mol. The molecule has 0 bridgehead atoms. The van der Waals surface area contributed by atoms with E-state index in [9.17, 15) is 9.18 Å². The van der Waals surface area contributed by atoms with Crippen LogP contribution in [0.1, 0.15) is 42.1 Å². The van der Waals surface area contributed by atoms with Crippen molar-refractivity contribution >= 4 is 5.91 Å². The van der Waals surface area contributed by atoms with Gasteiger partial charge in [0, 0.05) is 25.8 Å². The van der Waals surface area contributed by atoms with E-state index in [1.54, 1.807) is 23.0 Å². The van der Waals surface area contributed by atoms with E-state index < -0.39 is 0 Å². The lowest BCUT2D eigenvalue weighted by molar-refractivity contribution is 0.0668. The maximum Gasteiger partial charge on any atom is 0.257 e. The number of hydrogen-bond acceptors (Lipinski definition) is 2. The van der Waals surface area contributed by atoms with Crippen LogP contribution >= 0.6 is 0 Å². The molecule has 1 aliphatic heterocycles. The summed E-state index contributed by atoms with van der Waals surface area (Å²) in [4.78, 5) is 14.6. The van der Waals surface area contributed by atoms with Crippen molar-refractivity contribution in [2.75, 3.05) is 13.1 Å². The van der Waals surface area contributed by atoms with Crippen molar-refractivity contribution in [2.45, 2.75) is 39.2 Å². The smallest absolute Gasteiger partial charge is 0.257 e. The Bertz CT molecular complexity index is 697. The summed E-state index contributed by atoms with van der Waals surface area (Å²) < 4.78 is 15.0. The number of halogens is 1. The van der Waals surface area contributed by atoms with Gasteiger partial charge < -0.3 is 4.90 Å². The van der Waals surface area contributed by atoms with Crippen molar-refractivity contribution in [3.05, 3.63) is 53.6 Å². The van der Waals surface area contributed by atoms with Gasteiger partial charge in [0.2, 0.25) is 0 Å². The van der Waals surface area contributed by atoms with Crippen molar-refractivity contribution < 1.29 is 9.18 Å². The topological polar surface area (TPSA) is 38.1 Å². The van der Waals surface area contributed by atoms with Crippen LogP contribution in [0.15, 0.2) is 36.7 Å². The van der Waals surface area contributed by atoms with Crippen molar-refractivity contribution in [1.82, 2.24) is 14.7 Å². The van der Waals surface area contributed by atoms with Gasteiger partial charge in [-0.2, -0.15) is 5.10 Å². The molecule has 1 aliphatic rings. The van der Waals surface area contributed by atoms with Crippen LogP contribution in [0.5, 0.6) is 0 Å². The third kappa shape index (κ3) is 4.02. The quantitative estimate of drug-likeness (QED) is 0.842. The van der Waals surface area contributed by atoms with E-state index in [-0.39, 0.29) is 11.7 Å². The van der Waals surface area contributed by atoms with Crippen LogP contribution in [0, 0.1) is 11.7 Å². The van der Waals surface area contributed by atoms with Crippen molar-refractivity contribution in [3.63, 3.8) is 0 Å². The summed E-state index contributed by atoms with van der Waals surface area (Å²) in [7, 11) is 0. The van der Waals surface area contributed by atoms with Gasteiger partial charge in [0.15, 0.2) is 0 Å². The van der Waals surface area contributed by atoms with E-state index in [4.69, 9.17) is 0 Å². The molecule has 0 saturated carbocycles.